The van der Waals surface area contributed by atoms with E-state index in [-0.39, 0.29) is 17.7 Å². The smallest absolute Gasteiger partial charge is 0.323 e. The van der Waals surface area contributed by atoms with E-state index in [9.17, 15) is 9.59 Å². The van der Waals surface area contributed by atoms with Gasteiger partial charge in [-0.1, -0.05) is 15.9 Å². The number of thioether (sulfide) groups is 1. The second kappa shape index (κ2) is 7.55. The lowest BCUT2D eigenvalue weighted by atomic mass is 10.3. The van der Waals surface area contributed by atoms with Crippen LogP contribution in [0.15, 0.2) is 33.6 Å². The number of carbonyl (C=O) groups excluding carboxylic acids is 1. The molecule has 19 heavy (non-hydrogen) atoms. The second-order valence-electron chi connectivity index (χ2n) is 3.96. The predicted octanol–water partition coefficient (Wildman–Crippen LogP) is 2.86. The number of benzene rings is 1. The highest BCUT2D eigenvalue weighted by Crippen LogP contribution is 2.25. The zero-order chi connectivity index (χ0) is 14.4. The molecule has 0 saturated carbocycles. The maximum atomic E-state index is 12.1. The van der Waals surface area contributed by atoms with E-state index in [1.807, 2.05) is 24.3 Å². The molecule has 0 heterocycles. The normalized spacial score (nSPS) is 11.9. The fourth-order valence-electron chi connectivity index (χ4n) is 1.53. The Bertz CT molecular complexity index is 450. The van der Waals surface area contributed by atoms with Crippen LogP contribution in [0.1, 0.15) is 13.8 Å². The van der Waals surface area contributed by atoms with Crippen molar-refractivity contribution in [3.63, 3.8) is 0 Å². The Morgan fingerprint density at radius 3 is 2.42 bits per heavy atom. The third-order valence-corrected chi connectivity index (χ3v) is 4.12. The number of hydrogen-bond donors (Lipinski definition) is 1. The highest BCUT2D eigenvalue weighted by molar-refractivity contribution is 9.10. The summed E-state index contributed by atoms with van der Waals surface area (Å²) < 4.78 is 0.983. The number of aliphatic carboxylic acids is 1. The first-order valence-electron chi connectivity index (χ1n) is 5.86. The maximum Gasteiger partial charge on any atom is 0.323 e. The highest BCUT2D eigenvalue weighted by atomic mass is 79.9. The fraction of sp³-hybridized carbons (Fsp3) is 0.385. The summed E-state index contributed by atoms with van der Waals surface area (Å²) in [4.78, 5) is 25.1. The molecule has 1 amide bonds. The van der Waals surface area contributed by atoms with Crippen LogP contribution in [0.3, 0.4) is 0 Å². The molecular formula is C13H16BrNO3S. The van der Waals surface area contributed by atoms with Crippen LogP contribution in [-0.2, 0) is 9.59 Å². The lowest BCUT2D eigenvalue weighted by molar-refractivity contribution is -0.143. The molecule has 6 heteroatoms. The maximum absolute atomic E-state index is 12.1. The first-order chi connectivity index (χ1) is 8.93. The summed E-state index contributed by atoms with van der Waals surface area (Å²) in [5, 5.41) is 8.45. The minimum atomic E-state index is -0.990. The molecule has 1 aromatic carbocycles. The number of likely N-dealkylation sites (N-methyl/N-ethyl adjacent to an activating group) is 1. The summed E-state index contributed by atoms with van der Waals surface area (Å²) in [6.07, 6.45) is 0. The van der Waals surface area contributed by atoms with Crippen molar-refractivity contribution >= 4 is 39.6 Å². The SMILES string of the molecule is CCN(CC(=O)O)C(=O)C(C)Sc1ccc(Br)cc1. The predicted molar refractivity (Wildman–Crippen MR) is 79.4 cm³/mol. The molecule has 0 aliphatic heterocycles. The van der Waals surface area contributed by atoms with Gasteiger partial charge in [-0.3, -0.25) is 9.59 Å². The molecular weight excluding hydrogens is 330 g/mol. The summed E-state index contributed by atoms with van der Waals surface area (Å²) >= 11 is 4.78. The van der Waals surface area contributed by atoms with Gasteiger partial charge in [0.1, 0.15) is 6.54 Å². The van der Waals surface area contributed by atoms with Crippen molar-refractivity contribution in [1.29, 1.82) is 0 Å². The van der Waals surface area contributed by atoms with E-state index < -0.39 is 5.97 Å². The van der Waals surface area contributed by atoms with Crippen LogP contribution in [0.4, 0.5) is 0 Å². The zero-order valence-electron chi connectivity index (χ0n) is 10.8. The monoisotopic (exact) mass is 345 g/mol. The van der Waals surface area contributed by atoms with E-state index in [4.69, 9.17) is 5.11 Å². The Kier molecular flexibility index (Phi) is 6.37. The molecule has 1 rings (SSSR count). The average molecular weight is 346 g/mol. The first-order valence-corrected chi connectivity index (χ1v) is 7.54. The summed E-state index contributed by atoms with van der Waals surface area (Å²) in [6.45, 7) is 3.72. The second-order valence-corrected chi connectivity index (χ2v) is 6.29. The zero-order valence-corrected chi connectivity index (χ0v) is 13.2. The van der Waals surface area contributed by atoms with Gasteiger partial charge in [-0.15, -0.1) is 11.8 Å². The minimum absolute atomic E-state index is 0.155. The number of carbonyl (C=O) groups is 2. The molecule has 0 aliphatic carbocycles. The minimum Gasteiger partial charge on any atom is -0.480 e. The summed E-state index contributed by atoms with van der Waals surface area (Å²) in [7, 11) is 0. The number of amides is 1. The van der Waals surface area contributed by atoms with Crippen molar-refractivity contribution in [3.05, 3.63) is 28.7 Å². The molecule has 0 bridgehead atoms. The van der Waals surface area contributed by atoms with E-state index in [0.717, 1.165) is 9.37 Å². The number of halogens is 1. The lowest BCUT2D eigenvalue weighted by Gasteiger charge is -2.22. The molecule has 1 N–H and O–H groups in total. The largest absolute Gasteiger partial charge is 0.480 e. The van der Waals surface area contributed by atoms with E-state index >= 15 is 0 Å². The fourth-order valence-corrected chi connectivity index (χ4v) is 2.75. The molecule has 0 spiro atoms. The third kappa shape index (κ3) is 5.24. The Morgan fingerprint density at radius 1 is 1.37 bits per heavy atom. The average Bonchev–Trinajstić information content (AvgIpc) is 2.37. The molecule has 1 aromatic rings. The number of nitrogens with zero attached hydrogens (tertiary/aromatic N) is 1. The Labute approximate surface area is 125 Å². The lowest BCUT2D eigenvalue weighted by Crippen LogP contribution is -2.39. The third-order valence-electron chi connectivity index (χ3n) is 2.49. The van der Waals surface area contributed by atoms with Gasteiger partial charge in [0.25, 0.3) is 0 Å². The standard InChI is InChI=1S/C13H16BrNO3S/c1-3-15(8-12(16)17)13(18)9(2)19-11-6-4-10(14)5-7-11/h4-7,9H,3,8H2,1-2H3,(H,16,17). The number of hydrogen-bond acceptors (Lipinski definition) is 3. The number of rotatable bonds is 6. The molecule has 0 aliphatic rings. The van der Waals surface area contributed by atoms with Crippen LogP contribution in [0.25, 0.3) is 0 Å². The van der Waals surface area contributed by atoms with Gasteiger partial charge < -0.3 is 10.0 Å². The highest BCUT2D eigenvalue weighted by Gasteiger charge is 2.21. The van der Waals surface area contributed by atoms with Crippen molar-refractivity contribution in [2.24, 2.45) is 0 Å². The van der Waals surface area contributed by atoms with E-state index in [1.165, 1.54) is 16.7 Å². The molecule has 0 fully saturated rings. The van der Waals surface area contributed by atoms with Crippen molar-refractivity contribution in [2.75, 3.05) is 13.1 Å². The van der Waals surface area contributed by atoms with E-state index in [2.05, 4.69) is 15.9 Å². The van der Waals surface area contributed by atoms with Gasteiger partial charge in [0.05, 0.1) is 5.25 Å². The Morgan fingerprint density at radius 2 is 1.95 bits per heavy atom. The van der Waals surface area contributed by atoms with Crippen LogP contribution >= 0.6 is 27.7 Å². The van der Waals surface area contributed by atoms with Gasteiger partial charge in [0.2, 0.25) is 5.91 Å². The molecule has 1 atom stereocenters. The summed E-state index contributed by atoms with van der Waals surface area (Å²) in [5.74, 6) is -1.14. The van der Waals surface area contributed by atoms with Crippen molar-refractivity contribution in [3.8, 4) is 0 Å². The van der Waals surface area contributed by atoms with Crippen LogP contribution in [0.5, 0.6) is 0 Å². The molecule has 104 valence electrons. The molecule has 1 unspecified atom stereocenters. The van der Waals surface area contributed by atoms with Crippen LogP contribution < -0.4 is 0 Å². The van der Waals surface area contributed by atoms with Gasteiger partial charge in [-0.25, -0.2) is 0 Å². The number of carboxylic acid groups (broad SMARTS) is 1. The van der Waals surface area contributed by atoms with Crippen LogP contribution in [0.2, 0.25) is 0 Å². The quantitative estimate of drug-likeness (QED) is 0.805. The number of carboxylic acids is 1. The molecule has 0 aromatic heterocycles. The van der Waals surface area contributed by atoms with Crippen molar-refractivity contribution in [2.45, 2.75) is 24.0 Å². The molecule has 4 nitrogen and oxygen atoms in total. The van der Waals surface area contributed by atoms with Crippen LogP contribution in [-0.4, -0.2) is 40.2 Å². The summed E-state index contributed by atoms with van der Waals surface area (Å²) in [5.41, 5.74) is 0. The van der Waals surface area contributed by atoms with E-state index in [0.29, 0.717) is 6.54 Å². The Balaban J connectivity index is 2.65. The molecule has 0 radical (unpaired) electrons. The topological polar surface area (TPSA) is 57.6 Å². The Hall–Kier alpha value is -1.01. The summed E-state index contributed by atoms with van der Waals surface area (Å²) in [6, 6.07) is 7.67. The van der Waals surface area contributed by atoms with Gasteiger partial charge in [0.15, 0.2) is 0 Å². The van der Waals surface area contributed by atoms with E-state index in [1.54, 1.807) is 13.8 Å². The van der Waals surface area contributed by atoms with Crippen LogP contribution in [0, 0.1) is 0 Å². The first kappa shape index (κ1) is 16.0. The van der Waals surface area contributed by atoms with Gasteiger partial charge in [-0.2, -0.15) is 0 Å². The van der Waals surface area contributed by atoms with Gasteiger partial charge in [0, 0.05) is 15.9 Å². The van der Waals surface area contributed by atoms with Gasteiger partial charge in [-0.05, 0) is 38.1 Å². The van der Waals surface area contributed by atoms with Gasteiger partial charge >= 0.3 is 5.97 Å². The van der Waals surface area contributed by atoms with Crippen molar-refractivity contribution in [1.82, 2.24) is 4.90 Å². The van der Waals surface area contributed by atoms with Crippen molar-refractivity contribution < 1.29 is 14.7 Å². The molecule has 0 saturated heterocycles.